The van der Waals surface area contributed by atoms with Crippen LogP contribution >= 0.6 is 0 Å². The van der Waals surface area contributed by atoms with E-state index in [1.54, 1.807) is 0 Å². The molecule has 0 radical (unpaired) electrons. The second kappa shape index (κ2) is 9.70. The Labute approximate surface area is 178 Å². The number of nitrogens with zero attached hydrogens (tertiary/aromatic N) is 1. The molecular weight excluding hydrogens is 370 g/mol. The second-order valence-corrected chi connectivity index (χ2v) is 8.07. The Morgan fingerprint density at radius 2 is 1.57 bits per heavy atom. The molecule has 1 heterocycles. The van der Waals surface area contributed by atoms with E-state index in [9.17, 15) is 4.79 Å². The normalized spacial score (nSPS) is 19.0. The van der Waals surface area contributed by atoms with Crippen molar-refractivity contribution in [2.24, 2.45) is 11.7 Å². The molecule has 4 rings (SSSR count). The third kappa shape index (κ3) is 4.96. The first-order valence-corrected chi connectivity index (χ1v) is 10.6. The first-order chi connectivity index (χ1) is 14.7. The second-order valence-electron chi connectivity index (χ2n) is 8.07. The maximum absolute atomic E-state index is 12.8. The largest absolute Gasteiger partial charge is 0.330 e. The minimum atomic E-state index is 0.0278. The van der Waals surface area contributed by atoms with E-state index in [1.807, 2.05) is 42.5 Å². The third-order valence-electron chi connectivity index (χ3n) is 5.94. The van der Waals surface area contributed by atoms with Gasteiger partial charge < -0.3 is 11.1 Å². The highest BCUT2D eigenvalue weighted by Gasteiger charge is 2.33. The van der Waals surface area contributed by atoms with Crippen molar-refractivity contribution >= 4 is 11.6 Å². The Morgan fingerprint density at radius 1 is 0.900 bits per heavy atom. The summed E-state index contributed by atoms with van der Waals surface area (Å²) in [5, 5.41) is 3.13. The fourth-order valence-corrected chi connectivity index (χ4v) is 4.41. The van der Waals surface area contributed by atoms with Gasteiger partial charge in [-0.05, 0) is 41.6 Å². The van der Waals surface area contributed by atoms with Crippen LogP contribution in [0.3, 0.4) is 0 Å². The van der Waals surface area contributed by atoms with E-state index in [-0.39, 0.29) is 5.91 Å². The molecule has 4 heteroatoms. The maximum atomic E-state index is 12.8. The van der Waals surface area contributed by atoms with Crippen LogP contribution in [0.4, 0.5) is 5.69 Å². The van der Waals surface area contributed by atoms with Crippen LogP contribution in [0.25, 0.3) is 0 Å². The Hall–Kier alpha value is -2.95. The summed E-state index contributed by atoms with van der Waals surface area (Å²) in [6.07, 6.45) is 0.798. The molecule has 1 aliphatic rings. The number of amides is 1. The number of carbonyl (C=O) groups excluding carboxylic acids is 1. The van der Waals surface area contributed by atoms with Crippen molar-refractivity contribution in [3.8, 4) is 0 Å². The predicted octanol–water partition coefficient (Wildman–Crippen LogP) is 3.89. The van der Waals surface area contributed by atoms with E-state index >= 15 is 0 Å². The molecule has 0 saturated carbocycles. The molecule has 1 amide bonds. The number of carbonyl (C=O) groups is 1. The number of hydrogen-bond acceptors (Lipinski definition) is 3. The van der Waals surface area contributed by atoms with E-state index in [1.165, 1.54) is 11.1 Å². The van der Waals surface area contributed by atoms with E-state index in [0.29, 0.717) is 24.9 Å². The lowest BCUT2D eigenvalue weighted by Crippen LogP contribution is -2.32. The highest BCUT2D eigenvalue weighted by Crippen LogP contribution is 2.31. The minimum Gasteiger partial charge on any atom is -0.330 e. The standard InChI is InChI=1S/C26H29N3O/c27-16-23-17-29(18-24(23)21-11-5-2-6-12-21)19-26(30)28-25-14-8-7-13-22(25)15-20-9-3-1-4-10-20/h1-14,23-24H,15-19,27H2,(H,28,30)/t23-,24+/m1/s1. The number of anilines is 1. The minimum absolute atomic E-state index is 0.0278. The lowest BCUT2D eigenvalue weighted by atomic mass is 9.89. The Balaban J connectivity index is 1.40. The summed E-state index contributed by atoms with van der Waals surface area (Å²) in [4.78, 5) is 15.1. The van der Waals surface area contributed by atoms with E-state index in [2.05, 4.69) is 52.7 Å². The highest BCUT2D eigenvalue weighted by molar-refractivity contribution is 5.93. The van der Waals surface area contributed by atoms with E-state index < -0.39 is 0 Å². The number of nitrogens with two attached hydrogens (primary N) is 1. The van der Waals surface area contributed by atoms with Crippen LogP contribution in [0.15, 0.2) is 84.9 Å². The van der Waals surface area contributed by atoms with Crippen LogP contribution in [0.5, 0.6) is 0 Å². The van der Waals surface area contributed by atoms with Gasteiger partial charge in [0.2, 0.25) is 5.91 Å². The molecule has 154 valence electrons. The average molecular weight is 400 g/mol. The maximum Gasteiger partial charge on any atom is 0.238 e. The lowest BCUT2D eigenvalue weighted by Gasteiger charge is -2.17. The number of likely N-dealkylation sites (tertiary alicyclic amines) is 1. The van der Waals surface area contributed by atoms with Gasteiger partial charge in [0.1, 0.15) is 0 Å². The summed E-state index contributed by atoms with van der Waals surface area (Å²) in [7, 11) is 0. The van der Waals surface area contributed by atoms with Crippen molar-refractivity contribution in [2.45, 2.75) is 12.3 Å². The molecule has 3 aromatic carbocycles. The van der Waals surface area contributed by atoms with Gasteiger partial charge in [0.25, 0.3) is 0 Å². The van der Waals surface area contributed by atoms with Gasteiger partial charge in [-0.2, -0.15) is 0 Å². The molecule has 1 saturated heterocycles. The smallest absolute Gasteiger partial charge is 0.238 e. The number of para-hydroxylation sites is 1. The summed E-state index contributed by atoms with van der Waals surface area (Å²) in [6, 6.07) is 28.9. The molecule has 0 unspecified atom stereocenters. The first-order valence-electron chi connectivity index (χ1n) is 10.6. The van der Waals surface area contributed by atoms with Gasteiger partial charge in [-0.15, -0.1) is 0 Å². The Bertz CT molecular complexity index is 958. The van der Waals surface area contributed by atoms with Crippen LogP contribution < -0.4 is 11.1 Å². The summed E-state index contributed by atoms with van der Waals surface area (Å²) in [5.41, 5.74) is 10.6. The van der Waals surface area contributed by atoms with Crippen molar-refractivity contribution in [2.75, 3.05) is 31.5 Å². The highest BCUT2D eigenvalue weighted by atomic mass is 16.2. The fraction of sp³-hybridized carbons (Fsp3) is 0.269. The topological polar surface area (TPSA) is 58.4 Å². The molecular formula is C26H29N3O. The molecule has 3 aromatic rings. The number of rotatable bonds is 7. The van der Waals surface area contributed by atoms with Gasteiger partial charge in [-0.1, -0.05) is 78.9 Å². The van der Waals surface area contributed by atoms with Crippen LogP contribution in [0.1, 0.15) is 22.6 Å². The molecule has 1 aliphatic heterocycles. The third-order valence-corrected chi connectivity index (χ3v) is 5.94. The first kappa shape index (κ1) is 20.3. The zero-order valence-corrected chi connectivity index (χ0v) is 17.2. The zero-order valence-electron chi connectivity index (χ0n) is 17.2. The molecule has 0 bridgehead atoms. The van der Waals surface area contributed by atoms with Gasteiger partial charge in [0.05, 0.1) is 6.54 Å². The van der Waals surface area contributed by atoms with Gasteiger partial charge in [-0.3, -0.25) is 9.69 Å². The van der Waals surface area contributed by atoms with Gasteiger partial charge in [-0.25, -0.2) is 0 Å². The summed E-state index contributed by atoms with van der Waals surface area (Å²) in [5.74, 6) is 0.792. The number of hydrogen-bond donors (Lipinski definition) is 2. The van der Waals surface area contributed by atoms with Crippen molar-refractivity contribution in [3.05, 3.63) is 102 Å². The Morgan fingerprint density at radius 3 is 2.30 bits per heavy atom. The molecule has 2 atom stereocenters. The molecule has 0 aliphatic carbocycles. The quantitative estimate of drug-likeness (QED) is 0.634. The number of nitrogens with one attached hydrogen (secondary N) is 1. The van der Waals surface area contributed by atoms with Gasteiger partial charge >= 0.3 is 0 Å². The fourth-order valence-electron chi connectivity index (χ4n) is 4.41. The summed E-state index contributed by atoms with van der Waals surface area (Å²) < 4.78 is 0. The van der Waals surface area contributed by atoms with Crippen LogP contribution in [0.2, 0.25) is 0 Å². The van der Waals surface area contributed by atoms with Crippen LogP contribution in [-0.2, 0) is 11.2 Å². The Kier molecular flexibility index (Phi) is 6.57. The zero-order chi connectivity index (χ0) is 20.8. The van der Waals surface area contributed by atoms with Crippen LogP contribution in [-0.4, -0.2) is 37.0 Å². The molecule has 1 fully saturated rings. The summed E-state index contributed by atoms with van der Waals surface area (Å²) in [6.45, 7) is 2.75. The van der Waals surface area contributed by atoms with Crippen molar-refractivity contribution in [1.29, 1.82) is 0 Å². The van der Waals surface area contributed by atoms with Crippen molar-refractivity contribution < 1.29 is 4.79 Å². The lowest BCUT2D eigenvalue weighted by molar-refractivity contribution is -0.117. The molecule has 30 heavy (non-hydrogen) atoms. The number of benzene rings is 3. The summed E-state index contributed by atoms with van der Waals surface area (Å²) >= 11 is 0. The van der Waals surface area contributed by atoms with Gasteiger partial charge in [0.15, 0.2) is 0 Å². The average Bonchev–Trinajstić information content (AvgIpc) is 3.19. The molecule has 4 nitrogen and oxygen atoms in total. The van der Waals surface area contributed by atoms with Gasteiger partial charge in [0, 0.05) is 24.7 Å². The molecule has 0 aromatic heterocycles. The predicted molar refractivity (Wildman–Crippen MR) is 122 cm³/mol. The molecule has 3 N–H and O–H groups in total. The van der Waals surface area contributed by atoms with Crippen molar-refractivity contribution in [1.82, 2.24) is 4.90 Å². The SMILES string of the molecule is NC[C@@H]1CN(CC(=O)Nc2ccccc2Cc2ccccc2)C[C@H]1c1ccccc1. The monoisotopic (exact) mass is 399 g/mol. The van der Waals surface area contributed by atoms with Crippen molar-refractivity contribution in [3.63, 3.8) is 0 Å². The van der Waals surface area contributed by atoms with E-state index in [0.717, 1.165) is 30.8 Å². The van der Waals surface area contributed by atoms with Crippen LogP contribution in [0, 0.1) is 5.92 Å². The molecule has 0 spiro atoms. The van der Waals surface area contributed by atoms with E-state index in [4.69, 9.17) is 5.73 Å².